The van der Waals surface area contributed by atoms with Crippen molar-refractivity contribution in [1.82, 2.24) is 14.4 Å². The minimum atomic E-state index is 0.821. The number of fused-ring (bicyclic) bond motifs is 13. The molecule has 0 spiro atoms. The summed E-state index contributed by atoms with van der Waals surface area (Å²) in [6.45, 7) is 0. The summed E-state index contributed by atoms with van der Waals surface area (Å²) in [4.78, 5) is 8.96. The molecule has 5 heteroatoms. The molecule has 0 saturated carbocycles. The lowest BCUT2D eigenvalue weighted by atomic mass is 10.0. The summed E-state index contributed by atoms with van der Waals surface area (Å²) in [6.07, 6.45) is 7.54. The summed E-state index contributed by atoms with van der Waals surface area (Å²) < 4.78 is 14.7. The van der Waals surface area contributed by atoms with Gasteiger partial charge in [-0.15, -0.1) is 0 Å². The second-order valence-corrected chi connectivity index (χ2v) is 7.92. The molecule has 0 aliphatic heterocycles. The molecule has 0 saturated heterocycles. The fourth-order valence-electron chi connectivity index (χ4n) is 4.99. The van der Waals surface area contributed by atoms with Gasteiger partial charge in [-0.1, -0.05) is 18.2 Å². The number of rotatable bonds is 0. The average molecular weight is 399 g/mol. The van der Waals surface area contributed by atoms with Crippen LogP contribution in [0.1, 0.15) is 0 Å². The number of imidazole rings is 1. The fourth-order valence-corrected chi connectivity index (χ4v) is 4.99. The first-order chi connectivity index (χ1) is 15.4. The molecular weight excluding hydrogens is 386 g/mol. The van der Waals surface area contributed by atoms with Gasteiger partial charge in [-0.25, -0.2) is 4.98 Å². The van der Waals surface area contributed by atoms with Crippen molar-refractivity contribution in [2.75, 3.05) is 0 Å². The standard InChI is InChI=1S/C26H13N3O2/c1-2-4-21-14(3-1)15-5-6-22-24(25(15)31-21)18-11-17-19-13-27-8-7-16(19)26-28-9-10-29(26)20(17)12-23(18)30-22/h1-13H. The minimum Gasteiger partial charge on any atom is -0.456 e. The van der Waals surface area contributed by atoms with Crippen LogP contribution in [0.2, 0.25) is 0 Å². The van der Waals surface area contributed by atoms with E-state index in [4.69, 9.17) is 8.83 Å². The smallest absolute Gasteiger partial charge is 0.147 e. The van der Waals surface area contributed by atoms with Crippen molar-refractivity contribution in [3.63, 3.8) is 0 Å². The van der Waals surface area contributed by atoms with E-state index in [9.17, 15) is 0 Å². The van der Waals surface area contributed by atoms with Crippen LogP contribution in [0.4, 0.5) is 0 Å². The minimum absolute atomic E-state index is 0.821. The Hall–Kier alpha value is -4.38. The summed E-state index contributed by atoms with van der Waals surface area (Å²) in [6, 6.07) is 18.6. The topological polar surface area (TPSA) is 56.5 Å². The van der Waals surface area contributed by atoms with Gasteiger partial charge in [-0.2, -0.15) is 0 Å². The first-order valence-electron chi connectivity index (χ1n) is 10.2. The molecule has 0 aliphatic carbocycles. The SMILES string of the molecule is c1ccc2c(c1)oc1c2ccc2oc3cc4c(cc3c21)c1cnccc1c1nccn41. The summed E-state index contributed by atoms with van der Waals surface area (Å²) in [5.74, 6) is 0. The molecular formula is C26H13N3O2. The monoisotopic (exact) mass is 399 g/mol. The van der Waals surface area contributed by atoms with Crippen LogP contribution >= 0.6 is 0 Å². The van der Waals surface area contributed by atoms with Gasteiger partial charge in [0.15, 0.2) is 0 Å². The van der Waals surface area contributed by atoms with Gasteiger partial charge in [-0.3, -0.25) is 9.38 Å². The van der Waals surface area contributed by atoms with E-state index in [2.05, 4.69) is 38.6 Å². The Balaban J connectivity index is 1.65. The van der Waals surface area contributed by atoms with E-state index < -0.39 is 0 Å². The molecule has 8 rings (SSSR count). The molecule has 3 aromatic carbocycles. The zero-order valence-corrected chi connectivity index (χ0v) is 16.2. The maximum Gasteiger partial charge on any atom is 0.147 e. The van der Waals surface area contributed by atoms with Crippen molar-refractivity contribution in [3.8, 4) is 0 Å². The predicted octanol–water partition coefficient (Wildman–Crippen LogP) is 6.83. The largest absolute Gasteiger partial charge is 0.456 e. The Morgan fingerprint density at radius 3 is 2.65 bits per heavy atom. The highest BCUT2D eigenvalue weighted by atomic mass is 16.3. The van der Waals surface area contributed by atoms with Crippen molar-refractivity contribution in [2.45, 2.75) is 0 Å². The van der Waals surface area contributed by atoms with Crippen molar-refractivity contribution >= 4 is 71.2 Å². The third kappa shape index (κ3) is 1.82. The number of aromatic nitrogens is 3. The van der Waals surface area contributed by atoms with Crippen molar-refractivity contribution in [1.29, 1.82) is 0 Å². The first-order valence-corrected chi connectivity index (χ1v) is 10.2. The Morgan fingerprint density at radius 1 is 0.677 bits per heavy atom. The number of furan rings is 2. The van der Waals surface area contributed by atoms with Crippen LogP contribution in [0, 0.1) is 0 Å². The van der Waals surface area contributed by atoms with Crippen LogP contribution in [-0.4, -0.2) is 14.4 Å². The van der Waals surface area contributed by atoms with Gasteiger partial charge in [0.05, 0.1) is 10.9 Å². The Kier molecular flexibility index (Phi) is 2.60. The number of benzene rings is 3. The zero-order valence-electron chi connectivity index (χ0n) is 16.2. The molecule has 0 aliphatic rings. The molecule has 31 heavy (non-hydrogen) atoms. The van der Waals surface area contributed by atoms with Crippen LogP contribution in [0.5, 0.6) is 0 Å². The quantitative estimate of drug-likeness (QED) is 0.262. The predicted molar refractivity (Wildman–Crippen MR) is 123 cm³/mol. The van der Waals surface area contributed by atoms with E-state index in [-0.39, 0.29) is 0 Å². The summed E-state index contributed by atoms with van der Waals surface area (Å²) in [5, 5.41) is 7.52. The van der Waals surface area contributed by atoms with Crippen molar-refractivity contribution in [2.24, 2.45) is 0 Å². The lowest BCUT2D eigenvalue weighted by molar-refractivity contribution is 0.663. The molecule has 5 aromatic heterocycles. The molecule has 144 valence electrons. The Morgan fingerprint density at radius 2 is 1.65 bits per heavy atom. The van der Waals surface area contributed by atoms with Crippen LogP contribution < -0.4 is 0 Å². The lowest BCUT2D eigenvalue weighted by Gasteiger charge is -2.07. The molecule has 0 bridgehead atoms. The maximum absolute atomic E-state index is 6.30. The number of pyridine rings is 2. The van der Waals surface area contributed by atoms with E-state index >= 15 is 0 Å². The Labute approximate surface area is 174 Å². The van der Waals surface area contributed by atoms with Gasteiger partial charge in [-0.05, 0) is 30.3 Å². The van der Waals surface area contributed by atoms with Gasteiger partial charge in [0.2, 0.25) is 0 Å². The van der Waals surface area contributed by atoms with Gasteiger partial charge >= 0.3 is 0 Å². The molecule has 5 heterocycles. The molecule has 0 N–H and O–H groups in total. The van der Waals surface area contributed by atoms with Crippen LogP contribution in [0.25, 0.3) is 71.2 Å². The van der Waals surface area contributed by atoms with Gasteiger partial charge < -0.3 is 8.83 Å². The molecule has 5 nitrogen and oxygen atoms in total. The van der Waals surface area contributed by atoms with Crippen LogP contribution in [-0.2, 0) is 0 Å². The molecule has 0 amide bonds. The third-order valence-corrected chi connectivity index (χ3v) is 6.35. The van der Waals surface area contributed by atoms with Gasteiger partial charge in [0.25, 0.3) is 0 Å². The van der Waals surface area contributed by atoms with Gasteiger partial charge in [0.1, 0.15) is 28.0 Å². The van der Waals surface area contributed by atoms with Crippen molar-refractivity contribution in [3.05, 3.63) is 79.4 Å². The number of hydrogen-bond donors (Lipinski definition) is 0. The highest BCUT2D eigenvalue weighted by molar-refractivity contribution is 6.24. The van der Waals surface area contributed by atoms with E-state index in [1.807, 2.05) is 55.1 Å². The van der Waals surface area contributed by atoms with Crippen LogP contribution in [0.15, 0.2) is 88.2 Å². The molecule has 0 unspecified atom stereocenters. The molecule has 0 radical (unpaired) electrons. The third-order valence-electron chi connectivity index (χ3n) is 6.35. The van der Waals surface area contributed by atoms with Gasteiger partial charge in [0, 0.05) is 63.2 Å². The summed E-state index contributed by atoms with van der Waals surface area (Å²) in [5.41, 5.74) is 5.35. The second-order valence-electron chi connectivity index (χ2n) is 7.92. The first kappa shape index (κ1) is 15.5. The second kappa shape index (κ2) is 5.21. The normalized spacial score (nSPS) is 12.5. The number of para-hydroxylation sites is 1. The van der Waals surface area contributed by atoms with E-state index in [1.165, 1.54) is 0 Å². The van der Waals surface area contributed by atoms with Crippen LogP contribution in [0.3, 0.4) is 0 Å². The number of hydrogen-bond acceptors (Lipinski definition) is 4. The average Bonchev–Trinajstić information content (AvgIpc) is 3.52. The fraction of sp³-hybridized carbons (Fsp3) is 0. The highest BCUT2D eigenvalue weighted by Gasteiger charge is 2.18. The summed E-state index contributed by atoms with van der Waals surface area (Å²) in [7, 11) is 0. The van der Waals surface area contributed by atoms with Crippen molar-refractivity contribution < 1.29 is 8.83 Å². The van der Waals surface area contributed by atoms with E-state index in [0.717, 1.165) is 71.2 Å². The molecule has 0 atom stereocenters. The van der Waals surface area contributed by atoms with E-state index in [0.29, 0.717) is 0 Å². The highest BCUT2D eigenvalue weighted by Crippen LogP contribution is 2.41. The van der Waals surface area contributed by atoms with E-state index in [1.54, 1.807) is 0 Å². The molecule has 0 fully saturated rings. The summed E-state index contributed by atoms with van der Waals surface area (Å²) >= 11 is 0. The maximum atomic E-state index is 6.30. The number of nitrogens with zero attached hydrogens (tertiary/aromatic N) is 3. The molecule has 8 aromatic rings. The zero-order chi connectivity index (χ0) is 20.1. The Bertz CT molecular complexity index is 2010. The lowest BCUT2D eigenvalue weighted by Crippen LogP contribution is -1.91.